The van der Waals surface area contributed by atoms with Crippen molar-refractivity contribution in [1.82, 2.24) is 5.32 Å². The van der Waals surface area contributed by atoms with E-state index in [0.717, 1.165) is 12.8 Å². The van der Waals surface area contributed by atoms with Gasteiger partial charge >= 0.3 is 0 Å². The second kappa shape index (κ2) is 6.78. The van der Waals surface area contributed by atoms with Crippen molar-refractivity contribution in [2.45, 2.75) is 32.7 Å². The second-order valence-electron chi connectivity index (χ2n) is 4.08. The van der Waals surface area contributed by atoms with Gasteiger partial charge in [0.15, 0.2) is 6.61 Å². The molecule has 1 unspecified atom stereocenters. The lowest BCUT2D eigenvalue weighted by Crippen LogP contribution is -2.36. The molecule has 0 aliphatic heterocycles. The van der Waals surface area contributed by atoms with Gasteiger partial charge in [0.2, 0.25) is 0 Å². The van der Waals surface area contributed by atoms with E-state index in [0.29, 0.717) is 11.4 Å². The van der Waals surface area contributed by atoms with Gasteiger partial charge in [-0.25, -0.2) is 0 Å². The highest BCUT2D eigenvalue weighted by Gasteiger charge is 2.07. The molecule has 3 N–H and O–H groups in total. The van der Waals surface area contributed by atoms with Crippen molar-refractivity contribution >= 4 is 11.6 Å². The number of anilines is 1. The van der Waals surface area contributed by atoms with Crippen LogP contribution in [0.2, 0.25) is 0 Å². The predicted molar refractivity (Wildman–Crippen MR) is 68.9 cm³/mol. The summed E-state index contributed by atoms with van der Waals surface area (Å²) in [6.45, 7) is 4.07. The molecule has 4 nitrogen and oxygen atoms in total. The molecule has 0 radical (unpaired) electrons. The fourth-order valence-electron chi connectivity index (χ4n) is 1.58. The fraction of sp³-hybridized carbons (Fsp3) is 0.462. The van der Waals surface area contributed by atoms with E-state index < -0.39 is 0 Å². The third-order valence-electron chi connectivity index (χ3n) is 2.41. The molecule has 4 heteroatoms. The number of nitrogen functional groups attached to an aromatic ring is 1. The van der Waals surface area contributed by atoms with Crippen LogP contribution in [0.5, 0.6) is 5.75 Å². The summed E-state index contributed by atoms with van der Waals surface area (Å²) in [5.74, 6) is 0.431. The highest BCUT2D eigenvalue weighted by Crippen LogP contribution is 2.19. The molecular formula is C13H20N2O2. The first-order chi connectivity index (χ1) is 8.13. The van der Waals surface area contributed by atoms with Gasteiger partial charge in [-0.2, -0.15) is 0 Å². The van der Waals surface area contributed by atoms with Crippen LogP contribution in [0.15, 0.2) is 24.3 Å². The number of para-hydroxylation sites is 2. The lowest BCUT2D eigenvalue weighted by molar-refractivity contribution is -0.123. The Bertz CT molecular complexity index is 366. The van der Waals surface area contributed by atoms with Crippen LogP contribution in [-0.2, 0) is 4.79 Å². The molecule has 1 rings (SSSR count). The zero-order valence-corrected chi connectivity index (χ0v) is 10.4. The van der Waals surface area contributed by atoms with Crippen molar-refractivity contribution < 1.29 is 9.53 Å². The smallest absolute Gasteiger partial charge is 0.258 e. The Balaban J connectivity index is 2.36. The van der Waals surface area contributed by atoms with Crippen molar-refractivity contribution in [3.05, 3.63) is 24.3 Å². The topological polar surface area (TPSA) is 64.3 Å². The number of hydrogen-bond donors (Lipinski definition) is 2. The Morgan fingerprint density at radius 1 is 1.47 bits per heavy atom. The molecule has 1 aromatic carbocycles. The van der Waals surface area contributed by atoms with Crippen LogP contribution < -0.4 is 15.8 Å². The van der Waals surface area contributed by atoms with Gasteiger partial charge in [0, 0.05) is 6.04 Å². The SMILES string of the molecule is CCCC(C)NC(=O)COc1ccccc1N. The van der Waals surface area contributed by atoms with Crippen molar-refractivity contribution in [2.24, 2.45) is 0 Å². The van der Waals surface area contributed by atoms with Gasteiger partial charge in [-0.15, -0.1) is 0 Å². The van der Waals surface area contributed by atoms with E-state index in [1.165, 1.54) is 0 Å². The number of hydrogen-bond acceptors (Lipinski definition) is 3. The van der Waals surface area contributed by atoms with E-state index >= 15 is 0 Å². The molecule has 0 heterocycles. The van der Waals surface area contributed by atoms with Gasteiger partial charge in [0.25, 0.3) is 5.91 Å². The summed E-state index contributed by atoms with van der Waals surface area (Å²) in [5, 5.41) is 2.87. The van der Waals surface area contributed by atoms with Crippen LogP contribution in [0.25, 0.3) is 0 Å². The standard InChI is InChI=1S/C13H20N2O2/c1-3-6-10(2)15-13(16)9-17-12-8-5-4-7-11(12)14/h4-5,7-8,10H,3,6,9,14H2,1-2H3,(H,15,16). The first-order valence-corrected chi connectivity index (χ1v) is 5.90. The molecule has 0 bridgehead atoms. The normalized spacial score (nSPS) is 11.9. The minimum absolute atomic E-state index is 0.00225. The van der Waals surface area contributed by atoms with Crippen molar-refractivity contribution in [1.29, 1.82) is 0 Å². The lowest BCUT2D eigenvalue weighted by Gasteiger charge is -2.13. The minimum Gasteiger partial charge on any atom is -0.482 e. The monoisotopic (exact) mass is 236 g/mol. The van der Waals surface area contributed by atoms with Gasteiger partial charge < -0.3 is 15.8 Å². The van der Waals surface area contributed by atoms with Crippen LogP contribution in [0.1, 0.15) is 26.7 Å². The summed E-state index contributed by atoms with van der Waals surface area (Å²) >= 11 is 0. The molecular weight excluding hydrogens is 216 g/mol. The Morgan fingerprint density at radius 2 is 2.18 bits per heavy atom. The number of nitrogens with one attached hydrogen (secondary N) is 1. The molecule has 0 aliphatic carbocycles. The lowest BCUT2D eigenvalue weighted by atomic mass is 10.2. The molecule has 0 saturated heterocycles. The third kappa shape index (κ3) is 4.76. The number of ether oxygens (including phenoxy) is 1. The van der Waals surface area contributed by atoms with E-state index in [-0.39, 0.29) is 18.6 Å². The fourth-order valence-corrected chi connectivity index (χ4v) is 1.58. The number of rotatable bonds is 6. The molecule has 0 saturated carbocycles. The molecule has 1 aromatic rings. The van der Waals surface area contributed by atoms with Gasteiger partial charge in [-0.05, 0) is 25.5 Å². The van der Waals surface area contributed by atoms with E-state index in [1.807, 2.05) is 19.1 Å². The van der Waals surface area contributed by atoms with Crippen LogP contribution in [-0.4, -0.2) is 18.6 Å². The van der Waals surface area contributed by atoms with Crippen LogP contribution in [0.3, 0.4) is 0 Å². The first-order valence-electron chi connectivity index (χ1n) is 5.90. The summed E-state index contributed by atoms with van der Waals surface area (Å²) in [4.78, 5) is 11.5. The van der Waals surface area contributed by atoms with E-state index in [1.54, 1.807) is 12.1 Å². The van der Waals surface area contributed by atoms with Gasteiger partial charge in [-0.1, -0.05) is 25.5 Å². The Hall–Kier alpha value is -1.71. The predicted octanol–water partition coefficient (Wildman–Crippen LogP) is 1.95. The Morgan fingerprint density at radius 3 is 2.82 bits per heavy atom. The van der Waals surface area contributed by atoms with E-state index in [9.17, 15) is 4.79 Å². The number of carbonyl (C=O) groups excluding carboxylic acids is 1. The number of benzene rings is 1. The largest absolute Gasteiger partial charge is 0.482 e. The highest BCUT2D eigenvalue weighted by molar-refractivity contribution is 5.78. The summed E-state index contributed by atoms with van der Waals surface area (Å²) in [5.41, 5.74) is 6.24. The number of amides is 1. The van der Waals surface area contributed by atoms with Crippen molar-refractivity contribution in [2.75, 3.05) is 12.3 Å². The summed E-state index contributed by atoms with van der Waals surface area (Å²) < 4.78 is 5.34. The summed E-state index contributed by atoms with van der Waals surface area (Å²) in [7, 11) is 0. The number of nitrogens with two attached hydrogens (primary N) is 1. The van der Waals surface area contributed by atoms with Gasteiger partial charge in [0.05, 0.1) is 5.69 Å². The zero-order valence-electron chi connectivity index (χ0n) is 10.4. The summed E-state index contributed by atoms with van der Waals surface area (Å²) in [6.07, 6.45) is 2.02. The van der Waals surface area contributed by atoms with Gasteiger partial charge in [-0.3, -0.25) is 4.79 Å². The van der Waals surface area contributed by atoms with Crippen LogP contribution in [0.4, 0.5) is 5.69 Å². The van der Waals surface area contributed by atoms with Crippen molar-refractivity contribution in [3.8, 4) is 5.75 Å². The molecule has 0 fully saturated rings. The Labute approximate surface area is 102 Å². The molecule has 94 valence electrons. The number of carbonyl (C=O) groups is 1. The van der Waals surface area contributed by atoms with E-state index in [2.05, 4.69) is 12.2 Å². The van der Waals surface area contributed by atoms with Crippen molar-refractivity contribution in [3.63, 3.8) is 0 Å². The van der Waals surface area contributed by atoms with Gasteiger partial charge in [0.1, 0.15) is 5.75 Å². The first kappa shape index (κ1) is 13.4. The maximum Gasteiger partial charge on any atom is 0.258 e. The zero-order chi connectivity index (χ0) is 12.7. The highest BCUT2D eigenvalue weighted by atomic mass is 16.5. The second-order valence-corrected chi connectivity index (χ2v) is 4.08. The molecule has 0 aromatic heterocycles. The average Bonchev–Trinajstić information content (AvgIpc) is 2.28. The minimum atomic E-state index is -0.116. The summed E-state index contributed by atoms with van der Waals surface area (Å²) in [6, 6.07) is 7.32. The third-order valence-corrected chi connectivity index (χ3v) is 2.41. The average molecular weight is 236 g/mol. The maximum atomic E-state index is 11.5. The quantitative estimate of drug-likeness (QED) is 0.742. The molecule has 17 heavy (non-hydrogen) atoms. The maximum absolute atomic E-state index is 11.5. The molecule has 0 aliphatic rings. The Kier molecular flexibility index (Phi) is 5.33. The van der Waals surface area contributed by atoms with E-state index in [4.69, 9.17) is 10.5 Å². The molecule has 1 amide bonds. The molecule has 0 spiro atoms. The van der Waals surface area contributed by atoms with Crippen LogP contribution >= 0.6 is 0 Å². The molecule has 1 atom stereocenters. The van der Waals surface area contributed by atoms with Crippen LogP contribution in [0, 0.1) is 0 Å².